The Morgan fingerprint density at radius 1 is 1.26 bits per heavy atom. The van der Waals surface area contributed by atoms with Gasteiger partial charge in [-0.2, -0.15) is 0 Å². The lowest BCUT2D eigenvalue weighted by Gasteiger charge is -2.33. The molecule has 1 fully saturated rings. The van der Waals surface area contributed by atoms with Crippen LogP contribution in [0.1, 0.15) is 37.7 Å². The predicted octanol–water partition coefficient (Wildman–Crippen LogP) is 3.91. The molecule has 1 aliphatic carbocycles. The van der Waals surface area contributed by atoms with Crippen LogP contribution in [0.3, 0.4) is 0 Å². The number of rotatable bonds is 5. The largest absolute Gasteiger partial charge is 0.380 e. The summed E-state index contributed by atoms with van der Waals surface area (Å²) in [6.07, 6.45) is 7.61. The molecule has 0 heterocycles. The van der Waals surface area contributed by atoms with Gasteiger partial charge in [-0.05, 0) is 36.8 Å². The highest BCUT2D eigenvalue weighted by Gasteiger charge is 2.28. The molecule has 106 valence electrons. The highest BCUT2D eigenvalue weighted by atomic mass is 79.9. The van der Waals surface area contributed by atoms with E-state index in [1.54, 1.807) is 7.11 Å². The lowest BCUT2D eigenvalue weighted by Crippen LogP contribution is -2.43. The van der Waals surface area contributed by atoms with Crippen LogP contribution < -0.4 is 5.73 Å². The molecule has 2 unspecified atom stereocenters. The number of hydrogen-bond donors (Lipinski definition) is 1. The van der Waals surface area contributed by atoms with Gasteiger partial charge in [-0.15, -0.1) is 0 Å². The van der Waals surface area contributed by atoms with Crippen LogP contribution in [0.4, 0.5) is 0 Å². The number of nitrogens with two attached hydrogens (primary N) is 1. The molecule has 2 rings (SSSR count). The van der Waals surface area contributed by atoms with E-state index >= 15 is 0 Å². The normalized spacial score (nSPS) is 20.2. The molecule has 1 aromatic carbocycles. The molecule has 0 aliphatic heterocycles. The third-order valence-electron chi connectivity index (χ3n) is 4.22. The Morgan fingerprint density at radius 3 is 2.58 bits per heavy atom. The molecule has 19 heavy (non-hydrogen) atoms. The van der Waals surface area contributed by atoms with Crippen LogP contribution >= 0.6 is 15.9 Å². The van der Waals surface area contributed by atoms with Gasteiger partial charge in [-0.3, -0.25) is 0 Å². The molecule has 1 aromatic rings. The van der Waals surface area contributed by atoms with E-state index in [1.807, 2.05) is 6.07 Å². The van der Waals surface area contributed by atoms with Crippen LogP contribution in [0.15, 0.2) is 28.7 Å². The fourth-order valence-electron chi connectivity index (χ4n) is 3.21. The monoisotopic (exact) mass is 325 g/mol. The van der Waals surface area contributed by atoms with E-state index in [0.29, 0.717) is 5.92 Å². The lowest BCUT2D eigenvalue weighted by atomic mass is 9.81. The van der Waals surface area contributed by atoms with Gasteiger partial charge in [0.2, 0.25) is 0 Å². The zero-order valence-corrected chi connectivity index (χ0v) is 13.2. The second kappa shape index (κ2) is 7.41. The maximum atomic E-state index is 6.41. The molecule has 2 N–H and O–H groups in total. The number of benzene rings is 1. The first-order chi connectivity index (χ1) is 9.22. The van der Waals surface area contributed by atoms with Crippen molar-refractivity contribution in [3.8, 4) is 0 Å². The van der Waals surface area contributed by atoms with E-state index in [-0.39, 0.29) is 12.1 Å². The molecular weight excluding hydrogens is 302 g/mol. The summed E-state index contributed by atoms with van der Waals surface area (Å²) in [5.74, 6) is 0.635. The molecule has 1 saturated carbocycles. The summed E-state index contributed by atoms with van der Waals surface area (Å²) in [4.78, 5) is 0. The standard InChI is InChI=1S/C16H24BrNO/c1-19-16(12-7-3-2-4-8-12)15(18)11-13-9-5-6-10-14(13)17/h5-6,9-10,12,15-16H,2-4,7-8,11,18H2,1H3. The first kappa shape index (κ1) is 15.0. The van der Waals surface area contributed by atoms with E-state index in [0.717, 1.165) is 10.9 Å². The van der Waals surface area contributed by atoms with Crippen LogP contribution in [-0.4, -0.2) is 19.3 Å². The van der Waals surface area contributed by atoms with E-state index in [4.69, 9.17) is 10.5 Å². The zero-order valence-electron chi connectivity index (χ0n) is 11.6. The highest BCUT2D eigenvalue weighted by Crippen LogP contribution is 2.30. The Labute approximate surface area is 124 Å². The highest BCUT2D eigenvalue weighted by molar-refractivity contribution is 9.10. The van der Waals surface area contributed by atoms with Gasteiger partial charge in [0.25, 0.3) is 0 Å². The second-order valence-corrected chi connectivity index (χ2v) is 6.41. The van der Waals surface area contributed by atoms with Crippen molar-refractivity contribution in [2.45, 2.75) is 50.7 Å². The van der Waals surface area contributed by atoms with E-state index in [9.17, 15) is 0 Å². The van der Waals surface area contributed by atoms with Gasteiger partial charge in [-0.1, -0.05) is 53.4 Å². The summed E-state index contributed by atoms with van der Waals surface area (Å²) in [5, 5.41) is 0. The van der Waals surface area contributed by atoms with E-state index < -0.39 is 0 Å². The summed E-state index contributed by atoms with van der Waals surface area (Å²) in [6, 6.07) is 8.39. The third kappa shape index (κ3) is 4.04. The SMILES string of the molecule is COC(C(N)Cc1ccccc1Br)C1CCCCC1. The summed E-state index contributed by atoms with van der Waals surface area (Å²) < 4.78 is 6.87. The topological polar surface area (TPSA) is 35.2 Å². The Balaban J connectivity index is 2.00. The number of ether oxygens (including phenoxy) is 1. The van der Waals surface area contributed by atoms with Crippen molar-refractivity contribution >= 4 is 15.9 Å². The van der Waals surface area contributed by atoms with Crippen molar-refractivity contribution < 1.29 is 4.74 Å². The molecule has 2 atom stereocenters. The Morgan fingerprint density at radius 2 is 1.95 bits per heavy atom. The van der Waals surface area contributed by atoms with Crippen molar-refractivity contribution in [3.63, 3.8) is 0 Å². The van der Waals surface area contributed by atoms with Crippen molar-refractivity contribution in [1.82, 2.24) is 0 Å². The van der Waals surface area contributed by atoms with Crippen LogP contribution in [0.2, 0.25) is 0 Å². The quantitative estimate of drug-likeness (QED) is 0.890. The maximum Gasteiger partial charge on any atom is 0.0753 e. The fraction of sp³-hybridized carbons (Fsp3) is 0.625. The molecular formula is C16H24BrNO. The van der Waals surface area contributed by atoms with Crippen molar-refractivity contribution in [2.75, 3.05) is 7.11 Å². The molecule has 0 saturated heterocycles. The second-order valence-electron chi connectivity index (χ2n) is 5.56. The lowest BCUT2D eigenvalue weighted by molar-refractivity contribution is 0.0178. The van der Waals surface area contributed by atoms with Gasteiger partial charge in [0.15, 0.2) is 0 Å². The van der Waals surface area contributed by atoms with Crippen LogP contribution in [-0.2, 0) is 11.2 Å². The molecule has 0 amide bonds. The average molecular weight is 326 g/mol. The van der Waals surface area contributed by atoms with E-state index in [1.165, 1.54) is 37.7 Å². The maximum absolute atomic E-state index is 6.41. The average Bonchev–Trinajstić information content (AvgIpc) is 2.43. The van der Waals surface area contributed by atoms with Gasteiger partial charge >= 0.3 is 0 Å². The zero-order chi connectivity index (χ0) is 13.7. The molecule has 0 spiro atoms. The van der Waals surface area contributed by atoms with Crippen LogP contribution in [0, 0.1) is 5.92 Å². The fourth-order valence-corrected chi connectivity index (χ4v) is 3.66. The predicted molar refractivity (Wildman–Crippen MR) is 83.2 cm³/mol. The molecule has 0 bridgehead atoms. The van der Waals surface area contributed by atoms with E-state index in [2.05, 4.69) is 34.1 Å². The number of halogens is 1. The minimum atomic E-state index is 0.0757. The molecule has 3 heteroatoms. The number of hydrogen-bond acceptors (Lipinski definition) is 2. The van der Waals surface area contributed by atoms with Gasteiger partial charge in [0.05, 0.1) is 6.10 Å². The van der Waals surface area contributed by atoms with Crippen LogP contribution in [0.25, 0.3) is 0 Å². The molecule has 0 radical (unpaired) electrons. The van der Waals surface area contributed by atoms with Gasteiger partial charge in [-0.25, -0.2) is 0 Å². The summed E-state index contributed by atoms with van der Waals surface area (Å²) >= 11 is 3.60. The van der Waals surface area contributed by atoms with Crippen molar-refractivity contribution in [2.24, 2.45) is 11.7 Å². The van der Waals surface area contributed by atoms with Gasteiger partial charge in [0.1, 0.15) is 0 Å². The molecule has 0 aromatic heterocycles. The summed E-state index contributed by atoms with van der Waals surface area (Å²) in [7, 11) is 1.80. The number of methoxy groups -OCH3 is 1. The third-order valence-corrected chi connectivity index (χ3v) is 5.00. The van der Waals surface area contributed by atoms with Crippen LogP contribution in [0.5, 0.6) is 0 Å². The smallest absolute Gasteiger partial charge is 0.0753 e. The Kier molecular flexibility index (Phi) is 5.86. The van der Waals surface area contributed by atoms with Crippen molar-refractivity contribution in [3.05, 3.63) is 34.3 Å². The molecule has 2 nitrogen and oxygen atoms in total. The summed E-state index contributed by atoms with van der Waals surface area (Å²) in [6.45, 7) is 0. The first-order valence-corrected chi connectivity index (χ1v) is 8.03. The van der Waals surface area contributed by atoms with Crippen molar-refractivity contribution in [1.29, 1.82) is 0 Å². The van der Waals surface area contributed by atoms with Gasteiger partial charge in [0, 0.05) is 17.6 Å². The Hall–Kier alpha value is -0.380. The molecule has 1 aliphatic rings. The first-order valence-electron chi connectivity index (χ1n) is 7.24. The minimum absolute atomic E-state index is 0.0757. The Bertz CT molecular complexity index is 390. The van der Waals surface area contributed by atoms with Gasteiger partial charge < -0.3 is 10.5 Å². The minimum Gasteiger partial charge on any atom is -0.380 e. The summed E-state index contributed by atoms with van der Waals surface area (Å²) in [5.41, 5.74) is 7.69.